The highest BCUT2D eigenvalue weighted by Crippen LogP contribution is 2.28. The Morgan fingerprint density at radius 2 is 2.05 bits per heavy atom. The van der Waals surface area contributed by atoms with Crippen molar-refractivity contribution in [3.05, 3.63) is 23.9 Å². The quantitative estimate of drug-likeness (QED) is 0.894. The summed E-state index contributed by atoms with van der Waals surface area (Å²) in [4.78, 5) is 6.68. The Hall–Kier alpha value is -1.60. The molecule has 3 rings (SSSR count). The van der Waals surface area contributed by atoms with Crippen molar-refractivity contribution in [3.63, 3.8) is 0 Å². The van der Waals surface area contributed by atoms with Crippen molar-refractivity contribution in [3.8, 4) is 6.07 Å². The van der Waals surface area contributed by atoms with Crippen molar-refractivity contribution in [2.24, 2.45) is 5.92 Å². The zero-order chi connectivity index (χ0) is 13.1. The van der Waals surface area contributed by atoms with Gasteiger partial charge >= 0.3 is 0 Å². The van der Waals surface area contributed by atoms with Gasteiger partial charge in [-0.3, -0.25) is 0 Å². The molecule has 1 aliphatic carbocycles. The Bertz CT molecular complexity index is 450. The van der Waals surface area contributed by atoms with Crippen molar-refractivity contribution in [2.45, 2.75) is 31.7 Å². The molecule has 100 valence electrons. The van der Waals surface area contributed by atoms with Gasteiger partial charge in [-0.05, 0) is 50.3 Å². The summed E-state index contributed by atoms with van der Waals surface area (Å²) >= 11 is 0. The van der Waals surface area contributed by atoms with Gasteiger partial charge in [0.25, 0.3) is 0 Å². The average molecular weight is 256 g/mol. The minimum absolute atomic E-state index is 0.629. The monoisotopic (exact) mass is 256 g/mol. The van der Waals surface area contributed by atoms with Gasteiger partial charge in [0.2, 0.25) is 0 Å². The molecule has 0 atom stereocenters. The van der Waals surface area contributed by atoms with Crippen LogP contribution in [0.1, 0.15) is 31.2 Å². The molecule has 0 amide bonds. The molecule has 1 saturated carbocycles. The van der Waals surface area contributed by atoms with Crippen LogP contribution in [-0.2, 0) is 0 Å². The van der Waals surface area contributed by atoms with Gasteiger partial charge in [0.05, 0.1) is 5.56 Å². The molecule has 1 N–H and O–H groups in total. The van der Waals surface area contributed by atoms with Crippen LogP contribution < -0.4 is 10.2 Å². The van der Waals surface area contributed by atoms with E-state index in [0.29, 0.717) is 11.6 Å². The third-order valence-electron chi connectivity index (χ3n) is 4.09. The van der Waals surface area contributed by atoms with E-state index in [0.717, 1.165) is 24.8 Å². The van der Waals surface area contributed by atoms with E-state index >= 15 is 0 Å². The largest absolute Gasteiger partial charge is 0.357 e. The summed E-state index contributed by atoms with van der Waals surface area (Å²) < 4.78 is 0. The minimum Gasteiger partial charge on any atom is -0.357 e. The highest BCUT2D eigenvalue weighted by Gasteiger charge is 2.24. The van der Waals surface area contributed by atoms with E-state index in [1.807, 2.05) is 12.1 Å². The standard InChI is InChI=1S/C15H20N4/c16-9-13-3-4-15(18-11-13)19-7-5-14(6-8-19)17-10-12-1-2-12/h3-4,11-12,14,17H,1-2,5-8,10H2. The van der Waals surface area contributed by atoms with Gasteiger partial charge < -0.3 is 10.2 Å². The summed E-state index contributed by atoms with van der Waals surface area (Å²) in [5.41, 5.74) is 0.629. The van der Waals surface area contributed by atoms with Gasteiger partial charge in [0, 0.05) is 25.3 Å². The number of rotatable bonds is 4. The lowest BCUT2D eigenvalue weighted by Crippen LogP contribution is -2.43. The zero-order valence-electron chi connectivity index (χ0n) is 11.2. The second-order valence-corrected chi connectivity index (χ2v) is 5.63. The fourth-order valence-electron chi connectivity index (χ4n) is 2.61. The van der Waals surface area contributed by atoms with E-state index in [1.165, 1.54) is 32.2 Å². The summed E-state index contributed by atoms with van der Waals surface area (Å²) in [7, 11) is 0. The van der Waals surface area contributed by atoms with Gasteiger partial charge in [0.1, 0.15) is 11.9 Å². The molecule has 0 radical (unpaired) electrons. The molecule has 0 spiro atoms. The van der Waals surface area contributed by atoms with Crippen LogP contribution in [0.15, 0.2) is 18.3 Å². The van der Waals surface area contributed by atoms with Crippen LogP contribution in [0.3, 0.4) is 0 Å². The highest BCUT2D eigenvalue weighted by atomic mass is 15.2. The average Bonchev–Trinajstić information content (AvgIpc) is 3.30. The maximum atomic E-state index is 8.77. The number of aromatic nitrogens is 1. The van der Waals surface area contributed by atoms with Crippen molar-refractivity contribution >= 4 is 5.82 Å². The van der Waals surface area contributed by atoms with Gasteiger partial charge in [-0.2, -0.15) is 5.26 Å². The van der Waals surface area contributed by atoms with Gasteiger partial charge in [-0.1, -0.05) is 0 Å². The smallest absolute Gasteiger partial charge is 0.128 e. The predicted octanol–water partition coefficient (Wildman–Crippen LogP) is 1.92. The Morgan fingerprint density at radius 3 is 2.63 bits per heavy atom. The molecule has 1 aromatic rings. The van der Waals surface area contributed by atoms with Crippen LogP contribution in [0.5, 0.6) is 0 Å². The molecular formula is C15H20N4. The molecular weight excluding hydrogens is 236 g/mol. The van der Waals surface area contributed by atoms with E-state index < -0.39 is 0 Å². The lowest BCUT2D eigenvalue weighted by molar-refractivity contribution is 0.407. The summed E-state index contributed by atoms with van der Waals surface area (Å²) in [6, 6.07) is 6.58. The van der Waals surface area contributed by atoms with Crippen molar-refractivity contribution in [2.75, 3.05) is 24.5 Å². The Balaban J connectivity index is 1.49. The first-order valence-electron chi connectivity index (χ1n) is 7.19. The summed E-state index contributed by atoms with van der Waals surface area (Å²) in [6.45, 7) is 3.32. The van der Waals surface area contributed by atoms with Crippen LogP contribution in [0.4, 0.5) is 5.82 Å². The number of nitriles is 1. The molecule has 19 heavy (non-hydrogen) atoms. The van der Waals surface area contributed by atoms with Crippen LogP contribution in [0.25, 0.3) is 0 Å². The maximum absolute atomic E-state index is 8.77. The first kappa shape index (κ1) is 12.4. The van der Waals surface area contributed by atoms with Crippen molar-refractivity contribution in [1.29, 1.82) is 5.26 Å². The third kappa shape index (κ3) is 3.24. The first-order valence-corrected chi connectivity index (χ1v) is 7.19. The molecule has 0 unspecified atom stereocenters. The van der Waals surface area contributed by atoms with Crippen LogP contribution in [0.2, 0.25) is 0 Å². The fraction of sp³-hybridized carbons (Fsp3) is 0.600. The van der Waals surface area contributed by atoms with E-state index in [9.17, 15) is 0 Å². The third-order valence-corrected chi connectivity index (χ3v) is 4.09. The lowest BCUT2D eigenvalue weighted by Gasteiger charge is -2.33. The van der Waals surface area contributed by atoms with Gasteiger partial charge in [0.15, 0.2) is 0 Å². The van der Waals surface area contributed by atoms with Crippen molar-refractivity contribution < 1.29 is 0 Å². The molecule has 2 aliphatic rings. The second-order valence-electron chi connectivity index (χ2n) is 5.63. The molecule has 2 heterocycles. The molecule has 0 bridgehead atoms. The molecule has 2 fully saturated rings. The van der Waals surface area contributed by atoms with Crippen LogP contribution in [-0.4, -0.2) is 30.7 Å². The highest BCUT2D eigenvalue weighted by molar-refractivity contribution is 5.42. The number of nitrogens with zero attached hydrogens (tertiary/aromatic N) is 3. The van der Waals surface area contributed by atoms with Crippen LogP contribution in [0, 0.1) is 17.2 Å². The lowest BCUT2D eigenvalue weighted by atomic mass is 10.0. The van der Waals surface area contributed by atoms with Crippen LogP contribution >= 0.6 is 0 Å². The predicted molar refractivity (Wildman–Crippen MR) is 74.9 cm³/mol. The topological polar surface area (TPSA) is 52.0 Å². The second kappa shape index (κ2) is 5.58. The summed E-state index contributed by atoms with van der Waals surface area (Å²) in [6.07, 6.45) is 6.87. The Morgan fingerprint density at radius 1 is 1.26 bits per heavy atom. The molecule has 1 aromatic heterocycles. The van der Waals surface area contributed by atoms with E-state index in [-0.39, 0.29) is 0 Å². The normalized spacial score (nSPS) is 20.3. The summed E-state index contributed by atoms with van der Waals surface area (Å²) in [5, 5.41) is 12.5. The van der Waals surface area contributed by atoms with E-state index in [1.54, 1.807) is 6.20 Å². The number of piperidine rings is 1. The molecule has 4 heteroatoms. The molecule has 0 aromatic carbocycles. The molecule has 1 saturated heterocycles. The molecule has 4 nitrogen and oxygen atoms in total. The van der Waals surface area contributed by atoms with E-state index in [4.69, 9.17) is 5.26 Å². The van der Waals surface area contributed by atoms with E-state index in [2.05, 4.69) is 21.3 Å². The Kier molecular flexibility index (Phi) is 3.65. The van der Waals surface area contributed by atoms with Crippen molar-refractivity contribution in [1.82, 2.24) is 10.3 Å². The first-order chi connectivity index (χ1) is 9.35. The fourth-order valence-corrected chi connectivity index (χ4v) is 2.61. The number of hydrogen-bond donors (Lipinski definition) is 1. The summed E-state index contributed by atoms with van der Waals surface area (Å²) in [5.74, 6) is 1.96. The number of anilines is 1. The minimum atomic E-state index is 0.629. The number of pyridine rings is 1. The number of nitrogens with one attached hydrogen (secondary N) is 1. The number of hydrogen-bond acceptors (Lipinski definition) is 4. The van der Waals surface area contributed by atoms with Gasteiger partial charge in [-0.25, -0.2) is 4.98 Å². The van der Waals surface area contributed by atoms with Gasteiger partial charge in [-0.15, -0.1) is 0 Å². The maximum Gasteiger partial charge on any atom is 0.128 e. The SMILES string of the molecule is N#Cc1ccc(N2CCC(NCC3CC3)CC2)nc1. The Labute approximate surface area is 114 Å². The molecule has 1 aliphatic heterocycles. The zero-order valence-corrected chi connectivity index (χ0v) is 11.2.